The van der Waals surface area contributed by atoms with Gasteiger partial charge in [0.25, 0.3) is 0 Å². The van der Waals surface area contributed by atoms with Crippen molar-refractivity contribution in [3.05, 3.63) is 95.0 Å². The Labute approximate surface area is 182 Å². The fraction of sp³-hybridized carbons (Fsp3) is 0.292. The number of hydrogen-bond acceptors (Lipinski definition) is 3. The van der Waals surface area contributed by atoms with E-state index in [0.29, 0.717) is 11.6 Å². The van der Waals surface area contributed by atoms with Crippen LogP contribution in [-0.4, -0.2) is 32.6 Å². The van der Waals surface area contributed by atoms with Crippen LogP contribution >= 0.6 is 11.6 Å². The minimum absolute atomic E-state index is 0.225. The molecule has 3 rings (SSSR count). The number of nitrogens with zero attached hydrogens (tertiary/aromatic N) is 3. The van der Waals surface area contributed by atoms with Crippen LogP contribution in [0.25, 0.3) is 0 Å². The van der Waals surface area contributed by atoms with E-state index < -0.39 is 12.1 Å². The number of pyridine rings is 2. The van der Waals surface area contributed by atoms with Crippen LogP contribution in [0.1, 0.15) is 49.4 Å². The Bertz CT molecular complexity index is 918. The van der Waals surface area contributed by atoms with Crippen molar-refractivity contribution < 1.29 is 9.90 Å². The fourth-order valence-electron chi connectivity index (χ4n) is 3.69. The molecule has 0 spiro atoms. The van der Waals surface area contributed by atoms with E-state index in [0.717, 1.165) is 16.7 Å². The van der Waals surface area contributed by atoms with Crippen LogP contribution < -0.4 is 0 Å². The second kappa shape index (κ2) is 9.26. The van der Waals surface area contributed by atoms with E-state index >= 15 is 0 Å². The number of benzene rings is 1. The normalized spacial score (nSPS) is 12.6. The van der Waals surface area contributed by atoms with E-state index in [1.165, 1.54) is 4.90 Å². The second-order valence-corrected chi connectivity index (χ2v) is 8.95. The molecule has 0 saturated heterocycles. The van der Waals surface area contributed by atoms with Gasteiger partial charge >= 0.3 is 6.09 Å². The van der Waals surface area contributed by atoms with Crippen molar-refractivity contribution in [1.82, 2.24) is 14.9 Å². The first-order valence-corrected chi connectivity index (χ1v) is 10.2. The summed E-state index contributed by atoms with van der Waals surface area (Å²) in [6.45, 7) is 6.47. The van der Waals surface area contributed by atoms with Crippen molar-refractivity contribution >= 4 is 17.7 Å². The molecule has 1 N–H and O–H groups in total. The van der Waals surface area contributed by atoms with Gasteiger partial charge < -0.3 is 5.11 Å². The summed E-state index contributed by atoms with van der Waals surface area (Å²) in [4.78, 5) is 22.6. The number of amides is 1. The zero-order valence-corrected chi connectivity index (χ0v) is 18.1. The number of aromatic nitrogens is 2. The molecule has 0 aliphatic carbocycles. The maximum atomic E-state index is 12.5. The number of hydrogen-bond donors (Lipinski definition) is 1. The molecular formula is C24H26ClN3O2. The van der Waals surface area contributed by atoms with Gasteiger partial charge in [0.15, 0.2) is 0 Å². The first kappa shape index (κ1) is 21.8. The summed E-state index contributed by atoms with van der Waals surface area (Å²) in [5.41, 5.74) is 2.48. The van der Waals surface area contributed by atoms with Gasteiger partial charge in [0.05, 0.1) is 6.04 Å². The lowest BCUT2D eigenvalue weighted by molar-refractivity contribution is 0.0962. The third-order valence-electron chi connectivity index (χ3n) is 4.84. The highest BCUT2D eigenvalue weighted by Gasteiger charge is 2.36. The fourth-order valence-corrected chi connectivity index (χ4v) is 3.81. The van der Waals surface area contributed by atoms with E-state index in [9.17, 15) is 9.90 Å². The first-order valence-electron chi connectivity index (χ1n) is 9.81. The van der Waals surface area contributed by atoms with Crippen molar-refractivity contribution in [2.75, 3.05) is 6.54 Å². The van der Waals surface area contributed by atoms with Gasteiger partial charge in [0.1, 0.15) is 0 Å². The zero-order valence-electron chi connectivity index (χ0n) is 17.4. The van der Waals surface area contributed by atoms with E-state index in [1.807, 2.05) is 57.2 Å². The van der Waals surface area contributed by atoms with E-state index in [-0.39, 0.29) is 11.3 Å². The van der Waals surface area contributed by atoms with Crippen LogP contribution in [-0.2, 0) is 0 Å². The van der Waals surface area contributed by atoms with Gasteiger partial charge in [-0.25, -0.2) is 4.79 Å². The number of halogens is 1. The maximum absolute atomic E-state index is 12.5. The Kier molecular flexibility index (Phi) is 6.73. The topological polar surface area (TPSA) is 66.3 Å². The lowest BCUT2D eigenvalue weighted by Crippen LogP contribution is -2.42. The Balaban J connectivity index is 2.23. The minimum Gasteiger partial charge on any atom is -0.465 e. The summed E-state index contributed by atoms with van der Waals surface area (Å²) >= 11 is 6.13. The monoisotopic (exact) mass is 423 g/mol. The Morgan fingerprint density at radius 1 is 0.967 bits per heavy atom. The number of carboxylic acid groups (broad SMARTS) is 1. The van der Waals surface area contributed by atoms with Crippen molar-refractivity contribution in [2.24, 2.45) is 5.41 Å². The molecule has 0 bridgehead atoms. The average Bonchev–Trinajstić information content (AvgIpc) is 2.72. The number of rotatable bonds is 6. The molecule has 0 radical (unpaired) electrons. The Morgan fingerprint density at radius 3 is 1.90 bits per heavy atom. The van der Waals surface area contributed by atoms with E-state index in [2.05, 4.69) is 9.97 Å². The Hall–Kier alpha value is -2.92. The average molecular weight is 424 g/mol. The molecule has 0 saturated carbocycles. The van der Waals surface area contributed by atoms with Gasteiger partial charge in [-0.3, -0.25) is 14.9 Å². The van der Waals surface area contributed by atoms with Crippen LogP contribution in [0, 0.1) is 5.41 Å². The lowest BCUT2D eigenvalue weighted by Gasteiger charge is -2.39. The first-order chi connectivity index (χ1) is 14.3. The summed E-state index contributed by atoms with van der Waals surface area (Å²) in [7, 11) is 0. The van der Waals surface area contributed by atoms with Crippen molar-refractivity contribution in [1.29, 1.82) is 0 Å². The molecular weight excluding hydrogens is 398 g/mol. The standard InChI is InChI=1S/C24H26ClN3O2/c1-24(2,3)16-28(23(29)30)22(17-8-10-20(25)11-9-17)21(18-6-4-12-26-14-18)19-7-5-13-27-15-19/h4-15,21-22H,16H2,1-3H3,(H,29,30). The predicted molar refractivity (Wildman–Crippen MR) is 119 cm³/mol. The molecule has 1 atom stereocenters. The van der Waals surface area contributed by atoms with Crippen molar-refractivity contribution in [2.45, 2.75) is 32.7 Å². The van der Waals surface area contributed by atoms with Gasteiger partial charge in [-0.1, -0.05) is 56.6 Å². The summed E-state index contributed by atoms with van der Waals surface area (Å²) in [5, 5.41) is 10.8. The van der Waals surface area contributed by atoms with Gasteiger partial charge in [0, 0.05) is 42.3 Å². The molecule has 0 aliphatic rings. The van der Waals surface area contributed by atoms with Crippen molar-refractivity contribution in [3.63, 3.8) is 0 Å². The minimum atomic E-state index is -0.970. The van der Waals surface area contributed by atoms with Gasteiger partial charge in [-0.05, 0) is 46.4 Å². The summed E-state index contributed by atoms with van der Waals surface area (Å²) < 4.78 is 0. The second-order valence-electron chi connectivity index (χ2n) is 8.52. The summed E-state index contributed by atoms with van der Waals surface area (Å²) in [6.07, 6.45) is 6.04. The third kappa shape index (κ3) is 5.36. The summed E-state index contributed by atoms with van der Waals surface area (Å²) in [5.74, 6) is -0.285. The molecule has 30 heavy (non-hydrogen) atoms. The van der Waals surface area contributed by atoms with Crippen LogP contribution in [0.4, 0.5) is 4.79 Å². The molecule has 3 aromatic rings. The molecule has 0 aliphatic heterocycles. The quantitative estimate of drug-likeness (QED) is 0.525. The van der Waals surface area contributed by atoms with Gasteiger partial charge in [-0.15, -0.1) is 0 Å². The lowest BCUT2D eigenvalue weighted by atomic mass is 9.81. The van der Waals surface area contributed by atoms with Crippen LogP contribution in [0.3, 0.4) is 0 Å². The van der Waals surface area contributed by atoms with Crippen molar-refractivity contribution in [3.8, 4) is 0 Å². The molecule has 1 unspecified atom stereocenters. The van der Waals surface area contributed by atoms with Gasteiger partial charge in [0.2, 0.25) is 0 Å². The molecule has 0 fully saturated rings. The maximum Gasteiger partial charge on any atom is 0.407 e. The molecule has 5 nitrogen and oxygen atoms in total. The smallest absolute Gasteiger partial charge is 0.407 e. The molecule has 1 aromatic carbocycles. The molecule has 6 heteroatoms. The highest BCUT2D eigenvalue weighted by molar-refractivity contribution is 6.30. The van der Waals surface area contributed by atoms with Crippen LogP contribution in [0.5, 0.6) is 0 Å². The van der Waals surface area contributed by atoms with Crippen LogP contribution in [0.15, 0.2) is 73.3 Å². The highest BCUT2D eigenvalue weighted by atomic mass is 35.5. The largest absolute Gasteiger partial charge is 0.465 e. The molecule has 2 aromatic heterocycles. The van der Waals surface area contributed by atoms with E-state index in [4.69, 9.17) is 11.6 Å². The molecule has 156 valence electrons. The highest BCUT2D eigenvalue weighted by Crippen LogP contribution is 2.42. The SMILES string of the molecule is CC(C)(C)CN(C(=O)O)C(c1ccc(Cl)cc1)C(c1cccnc1)c1cccnc1. The van der Waals surface area contributed by atoms with E-state index in [1.54, 1.807) is 36.9 Å². The van der Waals surface area contributed by atoms with Crippen LogP contribution in [0.2, 0.25) is 5.02 Å². The number of carbonyl (C=O) groups is 1. The predicted octanol–water partition coefficient (Wildman–Crippen LogP) is 6.03. The van der Waals surface area contributed by atoms with Gasteiger partial charge in [-0.2, -0.15) is 0 Å². The zero-order chi connectivity index (χ0) is 21.7. The third-order valence-corrected chi connectivity index (χ3v) is 5.09. The molecule has 1 amide bonds. The summed E-state index contributed by atoms with van der Waals surface area (Å²) in [6, 6.07) is 14.6. The Morgan fingerprint density at radius 2 is 1.50 bits per heavy atom. The molecule has 2 heterocycles.